The number of hydrogen-bond acceptors (Lipinski definition) is 6. The van der Waals surface area contributed by atoms with E-state index < -0.39 is 0 Å². The number of hydrogen-bond donors (Lipinski definition) is 0. The lowest BCUT2D eigenvalue weighted by molar-refractivity contribution is 0.490. The zero-order valence-electron chi connectivity index (χ0n) is 10.2. The van der Waals surface area contributed by atoms with Gasteiger partial charge in [0.25, 0.3) is 0 Å². The summed E-state index contributed by atoms with van der Waals surface area (Å²) in [5.41, 5.74) is 0.996. The number of thiazole rings is 1. The second-order valence-corrected chi connectivity index (χ2v) is 6.16. The summed E-state index contributed by atoms with van der Waals surface area (Å²) in [4.78, 5) is 4.54. The SMILES string of the molecule is N#CCCN(CCC#N)Sc1nc2ccccc2s1. The fourth-order valence-corrected chi connectivity index (χ4v) is 3.71. The van der Waals surface area contributed by atoms with E-state index in [1.54, 1.807) is 11.3 Å². The van der Waals surface area contributed by atoms with Gasteiger partial charge in [0.1, 0.15) is 0 Å². The second kappa shape index (κ2) is 7.10. The fourth-order valence-electron chi connectivity index (χ4n) is 1.55. The van der Waals surface area contributed by atoms with Gasteiger partial charge in [-0.15, -0.1) is 11.3 Å². The van der Waals surface area contributed by atoms with Gasteiger partial charge in [-0.3, -0.25) is 0 Å². The molecule has 0 saturated heterocycles. The number of nitriles is 2. The van der Waals surface area contributed by atoms with Crippen molar-refractivity contribution in [2.75, 3.05) is 13.1 Å². The molecule has 0 atom stereocenters. The lowest BCUT2D eigenvalue weighted by atomic mass is 10.3. The van der Waals surface area contributed by atoms with Gasteiger partial charge >= 0.3 is 0 Å². The molecule has 4 nitrogen and oxygen atoms in total. The second-order valence-electron chi connectivity index (χ2n) is 3.78. The maximum absolute atomic E-state index is 8.66. The van der Waals surface area contributed by atoms with Crippen molar-refractivity contribution in [2.24, 2.45) is 0 Å². The molecule has 0 amide bonds. The molecule has 1 aromatic carbocycles. The molecule has 96 valence electrons. The van der Waals surface area contributed by atoms with Gasteiger partial charge in [-0.1, -0.05) is 12.1 Å². The van der Waals surface area contributed by atoms with Gasteiger partial charge in [0.15, 0.2) is 4.34 Å². The van der Waals surface area contributed by atoms with E-state index in [9.17, 15) is 0 Å². The highest BCUT2D eigenvalue weighted by Gasteiger charge is 2.10. The van der Waals surface area contributed by atoms with E-state index in [0.717, 1.165) is 14.6 Å². The van der Waals surface area contributed by atoms with Crippen LogP contribution in [-0.4, -0.2) is 22.4 Å². The molecular formula is C13H12N4S2. The van der Waals surface area contributed by atoms with E-state index in [0.29, 0.717) is 25.9 Å². The minimum absolute atomic E-state index is 0.462. The summed E-state index contributed by atoms with van der Waals surface area (Å²) in [7, 11) is 0. The van der Waals surface area contributed by atoms with Gasteiger partial charge in [0, 0.05) is 25.9 Å². The first kappa shape index (κ1) is 13.8. The molecule has 0 aliphatic rings. The summed E-state index contributed by atoms with van der Waals surface area (Å²) in [6.45, 7) is 1.30. The van der Waals surface area contributed by atoms with E-state index in [1.807, 2.05) is 28.6 Å². The summed E-state index contributed by atoms with van der Waals surface area (Å²) < 4.78 is 4.15. The lowest BCUT2D eigenvalue weighted by Crippen LogP contribution is -2.17. The third-order valence-electron chi connectivity index (χ3n) is 2.43. The highest BCUT2D eigenvalue weighted by atomic mass is 32.2. The van der Waals surface area contributed by atoms with Crippen LogP contribution in [0.4, 0.5) is 0 Å². The highest BCUT2D eigenvalue weighted by molar-refractivity contribution is 7.98. The van der Waals surface area contributed by atoms with Crippen molar-refractivity contribution in [3.63, 3.8) is 0 Å². The Bertz CT molecular complexity index is 572. The summed E-state index contributed by atoms with van der Waals surface area (Å²) in [5, 5.41) is 17.3. The molecule has 0 unspecified atom stereocenters. The van der Waals surface area contributed by atoms with Crippen LogP contribution in [0.1, 0.15) is 12.8 Å². The molecule has 0 fully saturated rings. The topological polar surface area (TPSA) is 63.7 Å². The Kier molecular flexibility index (Phi) is 5.17. The van der Waals surface area contributed by atoms with Crippen LogP contribution < -0.4 is 0 Å². The maximum atomic E-state index is 8.66. The average molecular weight is 288 g/mol. The van der Waals surface area contributed by atoms with Gasteiger partial charge in [0.05, 0.1) is 22.4 Å². The molecule has 2 aromatic rings. The minimum atomic E-state index is 0.462. The third-order valence-corrected chi connectivity index (χ3v) is 4.60. The van der Waals surface area contributed by atoms with E-state index in [2.05, 4.69) is 17.1 Å². The molecule has 19 heavy (non-hydrogen) atoms. The first-order valence-electron chi connectivity index (χ1n) is 5.86. The molecule has 0 saturated carbocycles. The van der Waals surface area contributed by atoms with Crippen LogP contribution in [0.15, 0.2) is 28.6 Å². The number of rotatable bonds is 6. The Morgan fingerprint density at radius 2 is 1.84 bits per heavy atom. The first-order chi connectivity index (χ1) is 9.33. The van der Waals surface area contributed by atoms with Crippen LogP contribution in [0.2, 0.25) is 0 Å². The van der Waals surface area contributed by atoms with Crippen molar-refractivity contribution < 1.29 is 0 Å². The summed E-state index contributed by atoms with van der Waals surface area (Å²) in [5.74, 6) is 0. The monoisotopic (exact) mass is 288 g/mol. The van der Waals surface area contributed by atoms with Gasteiger partial charge in [-0.05, 0) is 24.1 Å². The highest BCUT2D eigenvalue weighted by Crippen LogP contribution is 2.31. The van der Waals surface area contributed by atoms with E-state index in [-0.39, 0.29) is 0 Å². The molecule has 0 spiro atoms. The molecule has 0 N–H and O–H groups in total. The Labute approximate surface area is 120 Å². The lowest BCUT2D eigenvalue weighted by Gasteiger charge is -2.16. The van der Waals surface area contributed by atoms with Crippen molar-refractivity contribution in [2.45, 2.75) is 17.2 Å². The molecule has 0 bridgehead atoms. The summed E-state index contributed by atoms with van der Waals surface area (Å²) >= 11 is 3.17. The van der Waals surface area contributed by atoms with Crippen LogP contribution >= 0.6 is 23.3 Å². The quantitative estimate of drug-likeness (QED) is 0.762. The summed E-state index contributed by atoms with van der Waals surface area (Å²) in [6.07, 6.45) is 0.923. The van der Waals surface area contributed by atoms with E-state index in [1.165, 1.54) is 11.9 Å². The number of fused-ring (bicyclic) bond motifs is 1. The molecule has 1 aromatic heterocycles. The number of nitrogens with zero attached hydrogens (tertiary/aromatic N) is 4. The Morgan fingerprint density at radius 3 is 2.47 bits per heavy atom. The molecule has 0 aliphatic carbocycles. The van der Waals surface area contributed by atoms with Crippen LogP contribution in [0, 0.1) is 22.7 Å². The van der Waals surface area contributed by atoms with Crippen molar-refractivity contribution in [3.05, 3.63) is 24.3 Å². The van der Waals surface area contributed by atoms with Crippen LogP contribution in [-0.2, 0) is 0 Å². The van der Waals surface area contributed by atoms with Crippen LogP contribution in [0.5, 0.6) is 0 Å². The predicted molar refractivity (Wildman–Crippen MR) is 77.5 cm³/mol. The van der Waals surface area contributed by atoms with Crippen LogP contribution in [0.3, 0.4) is 0 Å². The van der Waals surface area contributed by atoms with Gasteiger partial charge in [0.2, 0.25) is 0 Å². The fraction of sp³-hybridized carbons (Fsp3) is 0.308. The zero-order chi connectivity index (χ0) is 13.5. The number of aromatic nitrogens is 1. The average Bonchev–Trinajstić information content (AvgIpc) is 2.84. The maximum Gasteiger partial charge on any atom is 0.166 e. The predicted octanol–water partition coefficient (Wildman–Crippen LogP) is 3.43. The minimum Gasteiger partial charge on any atom is -0.242 e. The van der Waals surface area contributed by atoms with Crippen molar-refractivity contribution in [3.8, 4) is 12.1 Å². The van der Waals surface area contributed by atoms with Gasteiger partial charge in [-0.2, -0.15) is 10.5 Å². The molecule has 2 rings (SSSR count). The normalized spacial score (nSPS) is 10.5. The van der Waals surface area contributed by atoms with Crippen molar-refractivity contribution in [1.82, 2.24) is 9.29 Å². The molecule has 1 heterocycles. The molecule has 0 radical (unpaired) electrons. The Balaban J connectivity index is 2.07. The Hall–Kier alpha value is -1.60. The molecule has 6 heteroatoms. The van der Waals surface area contributed by atoms with Gasteiger partial charge in [-0.25, -0.2) is 9.29 Å². The third kappa shape index (κ3) is 3.93. The largest absolute Gasteiger partial charge is 0.242 e. The number of para-hydroxylation sites is 1. The van der Waals surface area contributed by atoms with Crippen molar-refractivity contribution >= 4 is 33.5 Å². The van der Waals surface area contributed by atoms with Gasteiger partial charge < -0.3 is 0 Å². The standard InChI is InChI=1S/C13H12N4S2/c14-7-3-9-17(10-4-8-15)19-13-16-11-5-1-2-6-12(11)18-13/h1-2,5-6H,3-4,9-10H2. The van der Waals surface area contributed by atoms with Crippen molar-refractivity contribution in [1.29, 1.82) is 10.5 Å². The zero-order valence-corrected chi connectivity index (χ0v) is 11.9. The smallest absolute Gasteiger partial charge is 0.166 e. The van der Waals surface area contributed by atoms with E-state index in [4.69, 9.17) is 10.5 Å². The summed E-state index contributed by atoms with van der Waals surface area (Å²) in [6, 6.07) is 12.3. The van der Waals surface area contributed by atoms with E-state index >= 15 is 0 Å². The molecular weight excluding hydrogens is 276 g/mol. The number of benzene rings is 1. The Morgan fingerprint density at radius 1 is 1.16 bits per heavy atom. The first-order valence-corrected chi connectivity index (χ1v) is 7.45. The van der Waals surface area contributed by atoms with Crippen LogP contribution in [0.25, 0.3) is 10.2 Å². The molecule has 0 aliphatic heterocycles.